The van der Waals surface area contributed by atoms with E-state index in [-0.39, 0.29) is 5.82 Å². The molecule has 0 saturated heterocycles. The first-order chi connectivity index (χ1) is 9.20. The lowest BCUT2D eigenvalue weighted by Crippen LogP contribution is -2.02. The van der Waals surface area contributed by atoms with Crippen molar-refractivity contribution in [1.82, 2.24) is 0 Å². The fourth-order valence-electron chi connectivity index (χ4n) is 1.85. The summed E-state index contributed by atoms with van der Waals surface area (Å²) in [5.74, 6) is 0.409. The van der Waals surface area contributed by atoms with Gasteiger partial charge in [0.05, 0.1) is 6.10 Å². The lowest BCUT2D eigenvalue weighted by Gasteiger charge is -2.14. The van der Waals surface area contributed by atoms with Crippen molar-refractivity contribution >= 4 is 0 Å². The molecule has 1 N–H and O–H groups in total. The molecule has 0 bridgehead atoms. The fourth-order valence-corrected chi connectivity index (χ4v) is 1.85. The van der Waals surface area contributed by atoms with Crippen molar-refractivity contribution in [1.29, 1.82) is 0 Å². The second kappa shape index (κ2) is 6.34. The van der Waals surface area contributed by atoms with Gasteiger partial charge in [0, 0.05) is 5.56 Å². The van der Waals surface area contributed by atoms with E-state index in [4.69, 9.17) is 4.74 Å². The molecule has 0 heterocycles. The molecule has 2 rings (SSSR count). The molecule has 19 heavy (non-hydrogen) atoms. The maximum Gasteiger partial charge on any atom is 0.125 e. The summed E-state index contributed by atoms with van der Waals surface area (Å²) in [7, 11) is 0. The summed E-state index contributed by atoms with van der Waals surface area (Å²) in [6.45, 7) is 2.27. The van der Waals surface area contributed by atoms with Crippen LogP contribution < -0.4 is 4.74 Å². The predicted octanol–water partition coefficient (Wildman–Crippen LogP) is 3.85. The third-order valence-electron chi connectivity index (χ3n) is 2.97. The zero-order valence-electron chi connectivity index (χ0n) is 10.8. The lowest BCUT2D eigenvalue weighted by molar-refractivity contribution is 0.166. The van der Waals surface area contributed by atoms with Gasteiger partial charge in [0.25, 0.3) is 0 Å². The molecule has 100 valence electrons. The van der Waals surface area contributed by atoms with Gasteiger partial charge in [0.15, 0.2) is 0 Å². The van der Waals surface area contributed by atoms with Gasteiger partial charge in [-0.2, -0.15) is 0 Å². The third-order valence-corrected chi connectivity index (χ3v) is 2.97. The second-order valence-corrected chi connectivity index (χ2v) is 4.38. The molecule has 1 unspecified atom stereocenters. The minimum atomic E-state index is -0.524. The number of ether oxygens (including phenoxy) is 1. The Bertz CT molecular complexity index is 523. The number of rotatable bonds is 5. The zero-order valence-corrected chi connectivity index (χ0v) is 10.8. The number of halogens is 1. The number of para-hydroxylation sites is 1. The van der Waals surface area contributed by atoms with Gasteiger partial charge < -0.3 is 9.84 Å². The molecule has 3 heteroatoms. The van der Waals surface area contributed by atoms with E-state index in [0.717, 1.165) is 11.1 Å². The molecule has 0 aromatic heterocycles. The summed E-state index contributed by atoms with van der Waals surface area (Å²) in [5, 5.41) is 9.91. The number of hydrogen-bond acceptors (Lipinski definition) is 2. The number of aliphatic hydroxyl groups is 1. The first kappa shape index (κ1) is 13.6. The van der Waals surface area contributed by atoms with E-state index in [9.17, 15) is 9.50 Å². The Morgan fingerprint density at radius 3 is 2.47 bits per heavy atom. The molecule has 2 aromatic rings. The van der Waals surface area contributed by atoms with Crippen LogP contribution in [0, 0.1) is 5.82 Å². The number of aliphatic hydroxyl groups excluding tert-OH is 1. The second-order valence-electron chi connectivity index (χ2n) is 4.38. The molecule has 0 aliphatic heterocycles. The Morgan fingerprint density at radius 1 is 1.11 bits per heavy atom. The Balaban J connectivity index is 2.09. The standard InChI is InChI=1S/C16H17FO2/c1-2-15(18)14-5-3-4-6-16(14)19-11-12-7-9-13(17)10-8-12/h3-10,15,18H,2,11H2,1H3. The van der Waals surface area contributed by atoms with Crippen LogP contribution in [-0.2, 0) is 6.61 Å². The Kier molecular flexibility index (Phi) is 4.53. The van der Waals surface area contributed by atoms with Crippen molar-refractivity contribution in [3.05, 3.63) is 65.5 Å². The highest BCUT2D eigenvalue weighted by Crippen LogP contribution is 2.27. The highest BCUT2D eigenvalue weighted by molar-refractivity contribution is 5.35. The van der Waals surface area contributed by atoms with E-state index in [1.807, 2.05) is 31.2 Å². The van der Waals surface area contributed by atoms with Gasteiger partial charge in [-0.25, -0.2) is 4.39 Å². The van der Waals surface area contributed by atoms with Crippen molar-refractivity contribution in [3.63, 3.8) is 0 Å². The molecular weight excluding hydrogens is 243 g/mol. The van der Waals surface area contributed by atoms with E-state index in [1.165, 1.54) is 12.1 Å². The van der Waals surface area contributed by atoms with Gasteiger partial charge >= 0.3 is 0 Å². The number of hydrogen-bond donors (Lipinski definition) is 1. The third kappa shape index (κ3) is 3.55. The van der Waals surface area contributed by atoms with Crippen LogP contribution in [0.15, 0.2) is 48.5 Å². The van der Waals surface area contributed by atoms with Gasteiger partial charge in [-0.1, -0.05) is 37.3 Å². The maximum atomic E-state index is 12.8. The number of benzene rings is 2. The molecule has 0 aliphatic carbocycles. The van der Waals surface area contributed by atoms with Gasteiger partial charge in [0.1, 0.15) is 18.2 Å². The van der Waals surface area contributed by atoms with Crippen LogP contribution in [-0.4, -0.2) is 5.11 Å². The summed E-state index contributed by atoms with van der Waals surface area (Å²) >= 11 is 0. The molecule has 0 amide bonds. The van der Waals surface area contributed by atoms with Crippen molar-refractivity contribution < 1.29 is 14.2 Å². The SMILES string of the molecule is CCC(O)c1ccccc1OCc1ccc(F)cc1. The maximum absolute atomic E-state index is 12.8. The molecule has 0 spiro atoms. The highest BCUT2D eigenvalue weighted by Gasteiger charge is 2.10. The first-order valence-electron chi connectivity index (χ1n) is 6.35. The molecule has 0 fully saturated rings. The molecule has 2 nitrogen and oxygen atoms in total. The van der Waals surface area contributed by atoms with Crippen LogP contribution in [0.3, 0.4) is 0 Å². The van der Waals surface area contributed by atoms with E-state index in [1.54, 1.807) is 12.1 Å². The van der Waals surface area contributed by atoms with Crippen LogP contribution >= 0.6 is 0 Å². The smallest absolute Gasteiger partial charge is 0.125 e. The normalized spacial score (nSPS) is 12.2. The summed E-state index contributed by atoms with van der Waals surface area (Å²) < 4.78 is 18.5. The molecule has 1 atom stereocenters. The van der Waals surface area contributed by atoms with E-state index in [0.29, 0.717) is 18.8 Å². The summed E-state index contributed by atoms with van der Waals surface area (Å²) in [5.41, 5.74) is 1.68. The summed E-state index contributed by atoms with van der Waals surface area (Å²) in [4.78, 5) is 0. The first-order valence-corrected chi connectivity index (χ1v) is 6.35. The van der Waals surface area contributed by atoms with E-state index < -0.39 is 6.10 Å². The van der Waals surface area contributed by atoms with E-state index in [2.05, 4.69) is 0 Å². The highest BCUT2D eigenvalue weighted by atomic mass is 19.1. The van der Waals surface area contributed by atoms with Crippen molar-refractivity contribution in [2.24, 2.45) is 0 Å². The van der Waals surface area contributed by atoms with Crippen LogP contribution in [0.25, 0.3) is 0 Å². The van der Waals surface area contributed by atoms with Gasteiger partial charge in [0.2, 0.25) is 0 Å². The zero-order chi connectivity index (χ0) is 13.7. The van der Waals surface area contributed by atoms with Gasteiger partial charge in [-0.3, -0.25) is 0 Å². The van der Waals surface area contributed by atoms with Crippen LogP contribution in [0.2, 0.25) is 0 Å². The average molecular weight is 260 g/mol. The predicted molar refractivity (Wildman–Crippen MR) is 72.4 cm³/mol. The van der Waals surface area contributed by atoms with Gasteiger partial charge in [-0.15, -0.1) is 0 Å². The molecular formula is C16H17FO2. The Morgan fingerprint density at radius 2 is 1.79 bits per heavy atom. The molecule has 0 aliphatic rings. The summed E-state index contributed by atoms with van der Waals surface area (Å²) in [6.07, 6.45) is 0.112. The monoisotopic (exact) mass is 260 g/mol. The van der Waals surface area contributed by atoms with Crippen LogP contribution in [0.5, 0.6) is 5.75 Å². The average Bonchev–Trinajstić information content (AvgIpc) is 2.46. The topological polar surface area (TPSA) is 29.5 Å². The quantitative estimate of drug-likeness (QED) is 0.884. The van der Waals surface area contributed by atoms with Crippen LogP contribution in [0.1, 0.15) is 30.6 Å². The fraction of sp³-hybridized carbons (Fsp3) is 0.250. The Hall–Kier alpha value is -1.87. The molecule has 0 saturated carbocycles. The van der Waals surface area contributed by atoms with Gasteiger partial charge in [-0.05, 0) is 30.2 Å². The van der Waals surface area contributed by atoms with Crippen molar-refractivity contribution in [2.75, 3.05) is 0 Å². The van der Waals surface area contributed by atoms with Crippen molar-refractivity contribution in [3.8, 4) is 5.75 Å². The largest absolute Gasteiger partial charge is 0.489 e. The summed E-state index contributed by atoms with van der Waals surface area (Å²) in [6, 6.07) is 13.6. The molecule has 2 aromatic carbocycles. The minimum Gasteiger partial charge on any atom is -0.489 e. The lowest BCUT2D eigenvalue weighted by atomic mass is 10.1. The minimum absolute atomic E-state index is 0.259. The van der Waals surface area contributed by atoms with E-state index >= 15 is 0 Å². The molecule has 0 radical (unpaired) electrons. The van der Waals surface area contributed by atoms with Crippen LogP contribution in [0.4, 0.5) is 4.39 Å². The Labute approximate surface area is 112 Å². The van der Waals surface area contributed by atoms with Crippen molar-refractivity contribution in [2.45, 2.75) is 26.1 Å².